The molecule has 0 aromatic carbocycles. The van der Waals surface area contributed by atoms with Crippen LogP contribution in [-0.2, 0) is 19.1 Å². The fourth-order valence-corrected chi connectivity index (χ4v) is 4.57. The Bertz CT molecular complexity index is 580. The maximum atomic E-state index is 13.6. The van der Waals surface area contributed by atoms with Crippen molar-refractivity contribution in [1.29, 1.82) is 0 Å². The highest BCUT2D eigenvalue weighted by Crippen LogP contribution is 2.38. The van der Waals surface area contributed by atoms with Gasteiger partial charge in [0.05, 0.1) is 0 Å². The zero-order valence-corrected chi connectivity index (χ0v) is 25.4. The van der Waals surface area contributed by atoms with Crippen LogP contribution >= 0.6 is 0 Å². The maximum absolute atomic E-state index is 13.6. The van der Waals surface area contributed by atoms with Crippen molar-refractivity contribution in [2.45, 2.75) is 168 Å². The number of ether oxygens (including phenoxy) is 2. The van der Waals surface area contributed by atoms with Gasteiger partial charge >= 0.3 is 11.9 Å². The van der Waals surface area contributed by atoms with E-state index >= 15 is 0 Å². The van der Waals surface area contributed by atoms with Gasteiger partial charge in [-0.05, 0) is 80.1 Å². The van der Waals surface area contributed by atoms with Gasteiger partial charge < -0.3 is 9.47 Å². The van der Waals surface area contributed by atoms with Crippen molar-refractivity contribution in [3.8, 4) is 0 Å². The number of allylic oxidation sites excluding steroid dienone is 2. The van der Waals surface area contributed by atoms with Crippen LogP contribution in [0, 0.1) is 5.41 Å². The molecule has 37 heavy (non-hydrogen) atoms. The summed E-state index contributed by atoms with van der Waals surface area (Å²) in [4.78, 5) is 27.2. The van der Waals surface area contributed by atoms with E-state index in [1.165, 1.54) is 51.4 Å². The van der Waals surface area contributed by atoms with E-state index in [2.05, 4.69) is 13.2 Å². The molecular formula is C33H60O4. The number of esters is 2. The Hall–Kier alpha value is -1.58. The SMILES string of the molecule is C=CCCCCCCCCCC(CCCCCCCCCC=C)(C(=O)OC(C)(C)C)C(=O)OC(C)(C)C. The minimum Gasteiger partial charge on any atom is -0.459 e. The number of carbonyl (C=O) groups excluding carboxylic acids is 2. The van der Waals surface area contributed by atoms with Crippen molar-refractivity contribution in [3.63, 3.8) is 0 Å². The van der Waals surface area contributed by atoms with Crippen molar-refractivity contribution in [2.24, 2.45) is 5.41 Å². The summed E-state index contributed by atoms with van der Waals surface area (Å²) in [5, 5.41) is 0. The van der Waals surface area contributed by atoms with Gasteiger partial charge in [-0.1, -0.05) is 89.2 Å². The predicted molar refractivity (Wildman–Crippen MR) is 158 cm³/mol. The molecule has 0 aromatic heterocycles. The number of hydrogen-bond acceptors (Lipinski definition) is 4. The van der Waals surface area contributed by atoms with Gasteiger partial charge in [0.25, 0.3) is 0 Å². The van der Waals surface area contributed by atoms with Crippen LogP contribution in [0.2, 0.25) is 0 Å². The van der Waals surface area contributed by atoms with E-state index in [1.807, 2.05) is 53.7 Å². The average molecular weight is 521 g/mol. The summed E-state index contributed by atoms with van der Waals surface area (Å²) in [6, 6.07) is 0. The summed E-state index contributed by atoms with van der Waals surface area (Å²) in [5.74, 6) is -0.828. The van der Waals surface area contributed by atoms with Gasteiger partial charge in [-0.15, -0.1) is 13.2 Å². The first-order chi connectivity index (χ1) is 17.4. The molecular weight excluding hydrogens is 460 g/mol. The van der Waals surface area contributed by atoms with E-state index in [1.54, 1.807) is 0 Å². The average Bonchev–Trinajstić information content (AvgIpc) is 2.78. The highest BCUT2D eigenvalue weighted by Gasteiger charge is 2.50. The molecule has 0 amide bonds. The van der Waals surface area contributed by atoms with Crippen molar-refractivity contribution in [1.82, 2.24) is 0 Å². The monoisotopic (exact) mass is 520 g/mol. The van der Waals surface area contributed by atoms with Gasteiger partial charge in [-0.25, -0.2) is 0 Å². The molecule has 0 atom stereocenters. The lowest BCUT2D eigenvalue weighted by Crippen LogP contribution is -2.46. The molecule has 0 bridgehead atoms. The van der Waals surface area contributed by atoms with Gasteiger partial charge in [0.15, 0.2) is 5.41 Å². The minimum absolute atomic E-state index is 0.414. The number of unbranched alkanes of at least 4 members (excludes halogenated alkanes) is 14. The van der Waals surface area contributed by atoms with E-state index in [-0.39, 0.29) is 0 Å². The lowest BCUT2D eigenvalue weighted by atomic mass is 9.77. The Morgan fingerprint density at radius 3 is 1.05 bits per heavy atom. The second kappa shape index (κ2) is 19.5. The molecule has 0 rings (SSSR count). The van der Waals surface area contributed by atoms with Gasteiger partial charge in [0, 0.05) is 0 Å². The molecule has 4 heteroatoms. The van der Waals surface area contributed by atoms with Crippen molar-refractivity contribution < 1.29 is 19.1 Å². The quantitative estimate of drug-likeness (QED) is 0.0616. The molecule has 0 unspecified atom stereocenters. The topological polar surface area (TPSA) is 52.6 Å². The maximum Gasteiger partial charge on any atom is 0.324 e. The van der Waals surface area contributed by atoms with Crippen LogP contribution in [0.4, 0.5) is 0 Å². The lowest BCUT2D eigenvalue weighted by Gasteiger charge is -2.35. The summed E-state index contributed by atoms with van der Waals surface area (Å²) < 4.78 is 11.7. The third-order valence-electron chi connectivity index (χ3n) is 6.60. The second-order valence-corrected chi connectivity index (χ2v) is 12.7. The molecule has 0 saturated heterocycles. The molecule has 0 radical (unpaired) electrons. The smallest absolute Gasteiger partial charge is 0.324 e. The van der Waals surface area contributed by atoms with Crippen molar-refractivity contribution in [3.05, 3.63) is 25.3 Å². The molecule has 0 aromatic rings. The van der Waals surface area contributed by atoms with Crippen molar-refractivity contribution in [2.75, 3.05) is 0 Å². The molecule has 0 aliphatic carbocycles. The lowest BCUT2D eigenvalue weighted by molar-refractivity contribution is -0.187. The first kappa shape index (κ1) is 35.4. The third-order valence-corrected chi connectivity index (χ3v) is 6.60. The molecule has 0 N–H and O–H groups in total. The number of hydrogen-bond donors (Lipinski definition) is 0. The van der Waals surface area contributed by atoms with Crippen LogP contribution in [0.25, 0.3) is 0 Å². The standard InChI is InChI=1S/C33H60O4/c1-9-11-13-15-17-19-21-23-25-27-33(29(34)36-31(3,4)5,30(35)37-32(6,7)8)28-26-24-22-20-18-16-14-12-10-2/h9-10H,1-2,11-28H2,3-8H3. The fraction of sp³-hybridized carbons (Fsp3) is 0.818. The molecule has 0 spiro atoms. The van der Waals surface area contributed by atoms with E-state index in [9.17, 15) is 9.59 Å². The molecule has 4 nitrogen and oxygen atoms in total. The van der Waals surface area contributed by atoms with Gasteiger partial charge in [-0.3, -0.25) is 9.59 Å². The Balaban J connectivity index is 5.21. The molecule has 216 valence electrons. The predicted octanol–water partition coefficient (Wildman–Crippen LogP) is 10.0. The van der Waals surface area contributed by atoms with Crippen LogP contribution < -0.4 is 0 Å². The Morgan fingerprint density at radius 1 is 0.514 bits per heavy atom. The van der Waals surface area contributed by atoms with E-state index in [4.69, 9.17) is 9.47 Å². The number of carbonyl (C=O) groups is 2. The largest absolute Gasteiger partial charge is 0.459 e. The Labute approximate surface area is 230 Å². The Kier molecular flexibility index (Phi) is 18.7. The van der Waals surface area contributed by atoms with Crippen LogP contribution in [0.15, 0.2) is 25.3 Å². The first-order valence-corrected chi connectivity index (χ1v) is 15.1. The van der Waals surface area contributed by atoms with Crippen molar-refractivity contribution >= 4 is 11.9 Å². The van der Waals surface area contributed by atoms with Crippen LogP contribution in [0.1, 0.15) is 157 Å². The normalized spacial score (nSPS) is 12.3. The number of rotatable bonds is 22. The highest BCUT2D eigenvalue weighted by molar-refractivity contribution is 6.00. The molecule has 0 aliphatic heterocycles. The fourth-order valence-electron chi connectivity index (χ4n) is 4.57. The van der Waals surface area contributed by atoms with Crippen LogP contribution in [-0.4, -0.2) is 23.1 Å². The van der Waals surface area contributed by atoms with Gasteiger partial charge in [-0.2, -0.15) is 0 Å². The zero-order chi connectivity index (χ0) is 28.2. The first-order valence-electron chi connectivity index (χ1n) is 15.1. The summed E-state index contributed by atoms with van der Waals surface area (Å²) in [5.41, 5.74) is -2.53. The van der Waals surface area contributed by atoms with Crippen LogP contribution in [0.3, 0.4) is 0 Å². The molecule has 0 heterocycles. The second-order valence-electron chi connectivity index (χ2n) is 12.7. The zero-order valence-electron chi connectivity index (χ0n) is 25.4. The molecule has 0 aliphatic rings. The highest BCUT2D eigenvalue weighted by atomic mass is 16.6. The third kappa shape index (κ3) is 18.3. The van der Waals surface area contributed by atoms with Gasteiger partial charge in [0.1, 0.15) is 11.2 Å². The summed E-state index contributed by atoms with van der Waals surface area (Å²) in [7, 11) is 0. The molecule has 0 fully saturated rings. The summed E-state index contributed by atoms with van der Waals surface area (Å²) in [6.45, 7) is 18.8. The van der Waals surface area contributed by atoms with E-state index in [0.717, 1.165) is 51.4 Å². The summed E-state index contributed by atoms with van der Waals surface area (Å²) >= 11 is 0. The summed E-state index contributed by atoms with van der Waals surface area (Å²) in [6.07, 6.45) is 22.8. The molecule has 0 saturated carbocycles. The Morgan fingerprint density at radius 2 is 0.784 bits per heavy atom. The van der Waals surface area contributed by atoms with E-state index < -0.39 is 28.6 Å². The minimum atomic E-state index is -1.23. The van der Waals surface area contributed by atoms with E-state index in [0.29, 0.717) is 12.8 Å². The van der Waals surface area contributed by atoms with Crippen LogP contribution in [0.5, 0.6) is 0 Å². The van der Waals surface area contributed by atoms with Gasteiger partial charge in [0.2, 0.25) is 0 Å².